The average Bonchev–Trinajstić information content (AvgIpc) is 3.15. The Kier molecular flexibility index (Phi) is 9.05. The fraction of sp³-hybridized carbons (Fsp3) is 0.562. The van der Waals surface area contributed by atoms with E-state index in [1.54, 1.807) is 13.8 Å². The molecular formula is C16H26N6O6. The molecule has 3 atom stereocenters. The van der Waals surface area contributed by atoms with Gasteiger partial charge >= 0.3 is 5.97 Å². The maximum absolute atomic E-state index is 12.2. The first kappa shape index (κ1) is 23.0. The number of nitrogens with one attached hydrogen (secondary N) is 4. The monoisotopic (exact) mass is 398 g/mol. The molecule has 12 nitrogen and oxygen atoms in total. The van der Waals surface area contributed by atoms with Crippen molar-refractivity contribution >= 4 is 23.7 Å². The Balaban J connectivity index is 2.58. The zero-order valence-electron chi connectivity index (χ0n) is 15.6. The largest absolute Gasteiger partial charge is 0.480 e. The Labute approximate surface area is 161 Å². The van der Waals surface area contributed by atoms with Crippen LogP contribution in [0.3, 0.4) is 0 Å². The number of carboxylic acid groups (broad SMARTS) is 1. The predicted molar refractivity (Wildman–Crippen MR) is 96.7 cm³/mol. The molecule has 0 aliphatic rings. The minimum absolute atomic E-state index is 0.0592. The van der Waals surface area contributed by atoms with Crippen molar-refractivity contribution in [3.63, 3.8) is 0 Å². The van der Waals surface area contributed by atoms with Gasteiger partial charge in [-0.1, -0.05) is 13.8 Å². The third-order valence-electron chi connectivity index (χ3n) is 3.87. The first-order valence-electron chi connectivity index (χ1n) is 8.59. The molecule has 1 aromatic heterocycles. The molecule has 28 heavy (non-hydrogen) atoms. The van der Waals surface area contributed by atoms with Crippen LogP contribution in [0.15, 0.2) is 12.5 Å². The van der Waals surface area contributed by atoms with E-state index < -0.39 is 55.0 Å². The third-order valence-corrected chi connectivity index (χ3v) is 3.87. The summed E-state index contributed by atoms with van der Waals surface area (Å²) in [5.41, 5.74) is 6.14. The lowest BCUT2D eigenvalue weighted by Crippen LogP contribution is -2.55. The van der Waals surface area contributed by atoms with Crippen molar-refractivity contribution in [2.45, 2.75) is 38.4 Å². The maximum atomic E-state index is 12.2. The summed E-state index contributed by atoms with van der Waals surface area (Å²) in [4.78, 5) is 53.7. The Morgan fingerprint density at radius 3 is 2.36 bits per heavy atom. The lowest BCUT2D eigenvalue weighted by Gasteiger charge is -2.20. The summed E-state index contributed by atoms with van der Waals surface area (Å²) in [6.45, 7) is 2.30. The summed E-state index contributed by atoms with van der Waals surface area (Å²) in [5.74, 6) is -3.56. The zero-order valence-corrected chi connectivity index (χ0v) is 15.6. The molecule has 0 saturated carbocycles. The van der Waals surface area contributed by atoms with E-state index >= 15 is 0 Å². The van der Waals surface area contributed by atoms with Crippen LogP contribution in [0.2, 0.25) is 0 Å². The van der Waals surface area contributed by atoms with Gasteiger partial charge in [-0.05, 0) is 5.92 Å². The Morgan fingerprint density at radius 2 is 1.86 bits per heavy atom. The van der Waals surface area contributed by atoms with Crippen molar-refractivity contribution in [1.82, 2.24) is 25.9 Å². The summed E-state index contributed by atoms with van der Waals surface area (Å²) in [6.07, 6.45) is 2.72. The number of hydrogen-bond acceptors (Lipinski definition) is 7. The predicted octanol–water partition coefficient (Wildman–Crippen LogP) is -2.90. The minimum Gasteiger partial charge on any atom is -0.480 e. The van der Waals surface area contributed by atoms with Gasteiger partial charge in [0, 0.05) is 18.3 Å². The number of hydrogen-bond donors (Lipinski definition) is 7. The molecule has 0 saturated heterocycles. The maximum Gasteiger partial charge on any atom is 0.326 e. The van der Waals surface area contributed by atoms with Crippen LogP contribution in [0.1, 0.15) is 19.5 Å². The van der Waals surface area contributed by atoms with Gasteiger partial charge in [0.25, 0.3) is 0 Å². The van der Waals surface area contributed by atoms with Gasteiger partial charge < -0.3 is 36.9 Å². The number of carbonyl (C=O) groups is 4. The molecule has 3 unspecified atom stereocenters. The van der Waals surface area contributed by atoms with E-state index in [0.717, 1.165) is 0 Å². The lowest BCUT2D eigenvalue weighted by molar-refractivity contribution is -0.142. The SMILES string of the molecule is CC(C)C(N)C(=O)NCC(=O)NC(CO)C(=O)NC(Cc1cnc[nH]1)C(=O)O. The molecule has 0 aliphatic carbocycles. The van der Waals surface area contributed by atoms with Crippen LogP contribution in [0.5, 0.6) is 0 Å². The van der Waals surface area contributed by atoms with Gasteiger partial charge in [-0.25, -0.2) is 9.78 Å². The molecule has 0 aromatic carbocycles. The van der Waals surface area contributed by atoms with Crippen LogP contribution >= 0.6 is 0 Å². The molecule has 1 aromatic rings. The number of carboxylic acids is 1. The summed E-state index contributed by atoms with van der Waals surface area (Å²) in [5, 5.41) is 25.4. The van der Waals surface area contributed by atoms with Gasteiger partial charge in [0.15, 0.2) is 0 Å². The van der Waals surface area contributed by atoms with Crippen LogP contribution in [-0.2, 0) is 25.6 Å². The second-order valence-corrected chi connectivity index (χ2v) is 6.47. The van der Waals surface area contributed by atoms with E-state index in [4.69, 9.17) is 5.73 Å². The highest BCUT2D eigenvalue weighted by Gasteiger charge is 2.27. The number of rotatable bonds is 11. The molecule has 12 heteroatoms. The van der Waals surface area contributed by atoms with Gasteiger partial charge in [-0.3, -0.25) is 14.4 Å². The number of nitrogens with zero attached hydrogens (tertiary/aromatic N) is 1. The second kappa shape index (κ2) is 11.0. The van der Waals surface area contributed by atoms with Crippen LogP contribution in [-0.4, -0.2) is 75.1 Å². The summed E-state index contributed by atoms with van der Waals surface area (Å²) >= 11 is 0. The van der Waals surface area contributed by atoms with E-state index in [0.29, 0.717) is 5.69 Å². The third kappa shape index (κ3) is 7.32. The molecule has 8 N–H and O–H groups in total. The lowest BCUT2D eigenvalue weighted by atomic mass is 10.1. The number of aliphatic carboxylic acids is 1. The molecule has 156 valence electrons. The molecule has 1 heterocycles. The first-order valence-corrected chi connectivity index (χ1v) is 8.59. The highest BCUT2D eigenvalue weighted by atomic mass is 16.4. The smallest absolute Gasteiger partial charge is 0.326 e. The van der Waals surface area contributed by atoms with Gasteiger partial charge in [0.1, 0.15) is 12.1 Å². The van der Waals surface area contributed by atoms with Gasteiger partial charge in [0.2, 0.25) is 17.7 Å². The average molecular weight is 398 g/mol. The van der Waals surface area contributed by atoms with Crippen LogP contribution < -0.4 is 21.7 Å². The Morgan fingerprint density at radius 1 is 1.18 bits per heavy atom. The number of carbonyl (C=O) groups excluding carboxylic acids is 3. The second-order valence-electron chi connectivity index (χ2n) is 6.47. The normalized spacial score (nSPS) is 14.0. The summed E-state index contributed by atoms with van der Waals surface area (Å²) in [6, 6.07) is -3.46. The van der Waals surface area contributed by atoms with E-state index in [1.807, 2.05) is 0 Å². The van der Waals surface area contributed by atoms with E-state index in [2.05, 4.69) is 25.9 Å². The molecule has 0 radical (unpaired) electrons. The van der Waals surface area contributed by atoms with E-state index in [9.17, 15) is 29.4 Å². The summed E-state index contributed by atoms with van der Waals surface area (Å²) in [7, 11) is 0. The standard InChI is InChI=1S/C16H26N6O6/c1-8(2)13(17)15(26)19-5-12(24)21-11(6-23)14(25)22-10(16(27)28)3-9-4-18-7-20-9/h4,7-8,10-11,13,23H,3,5-6,17H2,1-2H3,(H,18,20)(H,19,26)(H,21,24)(H,22,25)(H,27,28). The van der Waals surface area contributed by atoms with E-state index in [1.165, 1.54) is 12.5 Å². The van der Waals surface area contributed by atoms with Crippen molar-refractivity contribution in [2.24, 2.45) is 11.7 Å². The van der Waals surface area contributed by atoms with Crippen molar-refractivity contribution in [2.75, 3.05) is 13.2 Å². The number of aliphatic hydroxyl groups is 1. The zero-order chi connectivity index (χ0) is 21.3. The van der Waals surface area contributed by atoms with E-state index in [-0.39, 0.29) is 12.3 Å². The number of aromatic amines is 1. The fourth-order valence-corrected chi connectivity index (χ4v) is 2.12. The van der Waals surface area contributed by atoms with Crippen LogP contribution in [0, 0.1) is 5.92 Å². The van der Waals surface area contributed by atoms with Gasteiger partial charge in [-0.2, -0.15) is 0 Å². The molecule has 0 aliphatic heterocycles. The quantitative estimate of drug-likeness (QED) is 0.206. The van der Waals surface area contributed by atoms with Crippen LogP contribution in [0.25, 0.3) is 0 Å². The number of amides is 3. The Bertz CT molecular complexity index is 677. The van der Waals surface area contributed by atoms with Crippen molar-refractivity contribution in [3.8, 4) is 0 Å². The topological polar surface area (TPSA) is 200 Å². The number of nitrogens with two attached hydrogens (primary N) is 1. The number of H-pyrrole nitrogens is 1. The van der Waals surface area contributed by atoms with Crippen molar-refractivity contribution in [3.05, 3.63) is 18.2 Å². The van der Waals surface area contributed by atoms with Crippen molar-refractivity contribution in [1.29, 1.82) is 0 Å². The molecule has 0 bridgehead atoms. The minimum atomic E-state index is -1.38. The highest BCUT2D eigenvalue weighted by Crippen LogP contribution is 2.00. The number of imidazole rings is 1. The van der Waals surface area contributed by atoms with Gasteiger partial charge in [0.05, 0.1) is 25.5 Å². The summed E-state index contributed by atoms with van der Waals surface area (Å²) < 4.78 is 0. The number of aromatic nitrogens is 2. The molecule has 3 amide bonds. The molecule has 1 rings (SSSR count). The highest BCUT2D eigenvalue weighted by molar-refractivity contribution is 5.92. The Hall–Kier alpha value is -2.99. The first-order chi connectivity index (χ1) is 13.1. The van der Waals surface area contributed by atoms with Gasteiger partial charge in [-0.15, -0.1) is 0 Å². The van der Waals surface area contributed by atoms with Crippen molar-refractivity contribution < 1.29 is 29.4 Å². The molecule has 0 fully saturated rings. The number of aliphatic hydroxyl groups excluding tert-OH is 1. The molecular weight excluding hydrogens is 372 g/mol. The molecule has 0 spiro atoms. The van der Waals surface area contributed by atoms with Crippen LogP contribution in [0.4, 0.5) is 0 Å². The fourth-order valence-electron chi connectivity index (χ4n) is 2.12.